The summed E-state index contributed by atoms with van der Waals surface area (Å²) in [5.41, 5.74) is 0. The van der Waals surface area contributed by atoms with E-state index in [1.165, 1.54) is 19.3 Å². The molecule has 0 amide bonds. The van der Waals surface area contributed by atoms with Gasteiger partial charge >= 0.3 is 0 Å². The molecule has 1 aliphatic carbocycles. The summed E-state index contributed by atoms with van der Waals surface area (Å²) in [7, 11) is 1.76. The molecule has 0 saturated heterocycles. The van der Waals surface area contributed by atoms with Gasteiger partial charge in [-0.15, -0.1) is 0 Å². The molecule has 3 heteroatoms. The first-order valence-corrected chi connectivity index (χ1v) is 7.10. The highest BCUT2D eigenvalue weighted by atomic mass is 16.5. The van der Waals surface area contributed by atoms with E-state index < -0.39 is 0 Å². The molecule has 1 rings (SSSR count). The van der Waals surface area contributed by atoms with Crippen LogP contribution in [0.2, 0.25) is 0 Å². The maximum absolute atomic E-state index is 9.83. The second-order valence-electron chi connectivity index (χ2n) is 5.33. The summed E-state index contributed by atoms with van der Waals surface area (Å²) in [6.45, 7) is 7.42. The molecule has 0 spiro atoms. The van der Waals surface area contributed by atoms with Gasteiger partial charge in [-0.25, -0.2) is 0 Å². The summed E-state index contributed by atoms with van der Waals surface area (Å²) >= 11 is 0. The van der Waals surface area contributed by atoms with Crippen molar-refractivity contribution >= 4 is 0 Å². The molecule has 1 fully saturated rings. The van der Waals surface area contributed by atoms with E-state index in [2.05, 4.69) is 18.7 Å². The minimum absolute atomic E-state index is 0.0452. The normalized spacial score (nSPS) is 26.6. The Morgan fingerprint density at radius 1 is 1.35 bits per heavy atom. The fourth-order valence-electron chi connectivity index (χ4n) is 2.70. The summed E-state index contributed by atoms with van der Waals surface area (Å²) in [5.74, 6) is 0.532. The minimum Gasteiger partial charge on any atom is -0.393 e. The van der Waals surface area contributed by atoms with Crippen LogP contribution in [-0.2, 0) is 4.74 Å². The van der Waals surface area contributed by atoms with Crippen LogP contribution in [0, 0.1) is 5.92 Å². The molecule has 3 nitrogen and oxygen atoms in total. The molecule has 0 radical (unpaired) electrons. The van der Waals surface area contributed by atoms with E-state index in [1.807, 2.05) is 0 Å². The van der Waals surface area contributed by atoms with Crippen LogP contribution in [-0.4, -0.2) is 49.0 Å². The SMILES string of the molecule is CCC(C)N(CCOC)CCC1CCCC1O. The highest BCUT2D eigenvalue weighted by molar-refractivity contribution is 4.78. The lowest BCUT2D eigenvalue weighted by molar-refractivity contribution is 0.0937. The van der Waals surface area contributed by atoms with E-state index in [9.17, 15) is 5.11 Å². The lowest BCUT2D eigenvalue weighted by Crippen LogP contribution is -2.37. The van der Waals surface area contributed by atoms with Crippen molar-refractivity contribution in [3.63, 3.8) is 0 Å². The zero-order chi connectivity index (χ0) is 12.7. The second kappa shape index (κ2) is 8.06. The van der Waals surface area contributed by atoms with Crippen LogP contribution < -0.4 is 0 Å². The van der Waals surface area contributed by atoms with Crippen molar-refractivity contribution in [2.75, 3.05) is 26.8 Å². The predicted octanol–water partition coefficient (Wildman–Crippen LogP) is 2.28. The summed E-state index contributed by atoms with van der Waals surface area (Å²) < 4.78 is 5.17. The maximum atomic E-state index is 9.83. The standard InChI is InChI=1S/C14H29NO2/c1-4-12(2)15(10-11-17-3)9-8-13-6-5-7-14(13)16/h12-14,16H,4-11H2,1-3H3. The van der Waals surface area contributed by atoms with Crippen LogP contribution in [0.15, 0.2) is 0 Å². The Labute approximate surface area is 106 Å². The Balaban J connectivity index is 2.31. The number of methoxy groups -OCH3 is 1. The number of nitrogens with zero attached hydrogens (tertiary/aromatic N) is 1. The van der Waals surface area contributed by atoms with E-state index >= 15 is 0 Å². The molecule has 3 unspecified atom stereocenters. The van der Waals surface area contributed by atoms with E-state index in [1.54, 1.807) is 7.11 Å². The quantitative estimate of drug-likeness (QED) is 0.710. The van der Waals surface area contributed by atoms with Gasteiger partial charge in [-0.1, -0.05) is 13.3 Å². The summed E-state index contributed by atoms with van der Waals surface area (Å²) in [6.07, 6.45) is 5.68. The van der Waals surface area contributed by atoms with Crippen LogP contribution in [0.4, 0.5) is 0 Å². The van der Waals surface area contributed by atoms with Gasteiger partial charge in [-0.3, -0.25) is 4.90 Å². The molecular formula is C14H29NO2. The highest BCUT2D eigenvalue weighted by Gasteiger charge is 2.25. The van der Waals surface area contributed by atoms with Crippen molar-refractivity contribution in [2.24, 2.45) is 5.92 Å². The third-order valence-corrected chi connectivity index (χ3v) is 4.20. The smallest absolute Gasteiger partial charge is 0.0589 e. The molecule has 17 heavy (non-hydrogen) atoms. The van der Waals surface area contributed by atoms with Crippen LogP contribution >= 0.6 is 0 Å². The fourth-order valence-corrected chi connectivity index (χ4v) is 2.70. The molecule has 0 heterocycles. The highest BCUT2D eigenvalue weighted by Crippen LogP contribution is 2.28. The zero-order valence-corrected chi connectivity index (χ0v) is 11.7. The third-order valence-electron chi connectivity index (χ3n) is 4.20. The Kier molecular flexibility index (Phi) is 7.09. The first-order chi connectivity index (χ1) is 8.19. The van der Waals surface area contributed by atoms with Crippen molar-refractivity contribution in [3.8, 4) is 0 Å². The van der Waals surface area contributed by atoms with Crippen molar-refractivity contribution < 1.29 is 9.84 Å². The molecule has 3 atom stereocenters. The van der Waals surface area contributed by atoms with E-state index in [0.29, 0.717) is 12.0 Å². The number of hydrogen-bond acceptors (Lipinski definition) is 3. The van der Waals surface area contributed by atoms with Gasteiger partial charge in [0.15, 0.2) is 0 Å². The van der Waals surface area contributed by atoms with Crippen LogP contribution in [0.5, 0.6) is 0 Å². The molecule has 1 saturated carbocycles. The molecule has 0 aromatic carbocycles. The predicted molar refractivity (Wildman–Crippen MR) is 71.2 cm³/mol. The van der Waals surface area contributed by atoms with Crippen molar-refractivity contribution in [3.05, 3.63) is 0 Å². The number of ether oxygens (including phenoxy) is 1. The molecule has 1 N–H and O–H groups in total. The number of rotatable bonds is 8. The third kappa shape index (κ3) is 4.94. The van der Waals surface area contributed by atoms with Gasteiger partial charge in [0.2, 0.25) is 0 Å². The Morgan fingerprint density at radius 2 is 2.12 bits per heavy atom. The molecule has 102 valence electrons. The molecule has 1 aliphatic rings. The monoisotopic (exact) mass is 243 g/mol. The molecule has 0 bridgehead atoms. The van der Waals surface area contributed by atoms with E-state index in [-0.39, 0.29) is 6.10 Å². The van der Waals surface area contributed by atoms with Gasteiger partial charge in [0, 0.05) is 19.7 Å². The second-order valence-corrected chi connectivity index (χ2v) is 5.33. The van der Waals surface area contributed by atoms with Crippen molar-refractivity contribution in [2.45, 2.75) is 58.1 Å². The topological polar surface area (TPSA) is 32.7 Å². The van der Waals surface area contributed by atoms with Crippen molar-refractivity contribution in [1.29, 1.82) is 0 Å². The van der Waals surface area contributed by atoms with Gasteiger partial charge in [-0.05, 0) is 45.1 Å². The lowest BCUT2D eigenvalue weighted by Gasteiger charge is -2.29. The largest absolute Gasteiger partial charge is 0.393 e. The summed E-state index contributed by atoms with van der Waals surface area (Å²) in [6, 6.07) is 0.615. The summed E-state index contributed by atoms with van der Waals surface area (Å²) in [4.78, 5) is 2.49. The van der Waals surface area contributed by atoms with Gasteiger partial charge in [0.1, 0.15) is 0 Å². The minimum atomic E-state index is -0.0452. The number of aliphatic hydroxyl groups excluding tert-OH is 1. The Bertz CT molecular complexity index is 199. The molecular weight excluding hydrogens is 214 g/mol. The van der Waals surface area contributed by atoms with Crippen molar-refractivity contribution in [1.82, 2.24) is 4.90 Å². The van der Waals surface area contributed by atoms with Gasteiger partial charge in [0.05, 0.1) is 12.7 Å². The Hall–Kier alpha value is -0.120. The lowest BCUT2D eigenvalue weighted by atomic mass is 10.0. The number of hydrogen-bond donors (Lipinski definition) is 1. The Morgan fingerprint density at radius 3 is 2.65 bits per heavy atom. The molecule has 0 aromatic rings. The molecule has 0 aliphatic heterocycles. The van der Waals surface area contributed by atoms with Gasteiger partial charge in [-0.2, -0.15) is 0 Å². The van der Waals surface area contributed by atoms with Crippen LogP contribution in [0.1, 0.15) is 46.0 Å². The van der Waals surface area contributed by atoms with E-state index in [4.69, 9.17) is 4.74 Å². The van der Waals surface area contributed by atoms with E-state index in [0.717, 1.165) is 32.5 Å². The zero-order valence-electron chi connectivity index (χ0n) is 11.7. The van der Waals surface area contributed by atoms with Gasteiger partial charge < -0.3 is 9.84 Å². The van der Waals surface area contributed by atoms with Gasteiger partial charge in [0.25, 0.3) is 0 Å². The number of aliphatic hydroxyl groups is 1. The first kappa shape index (κ1) is 14.9. The maximum Gasteiger partial charge on any atom is 0.0589 e. The average Bonchev–Trinajstić information content (AvgIpc) is 2.74. The molecule has 0 aromatic heterocycles. The van der Waals surface area contributed by atoms with Crippen LogP contribution in [0.25, 0.3) is 0 Å². The van der Waals surface area contributed by atoms with Crippen LogP contribution in [0.3, 0.4) is 0 Å². The summed E-state index contributed by atoms with van der Waals surface area (Å²) in [5, 5.41) is 9.83. The fraction of sp³-hybridized carbons (Fsp3) is 1.00. The average molecular weight is 243 g/mol. The first-order valence-electron chi connectivity index (χ1n) is 7.10.